The fourth-order valence-corrected chi connectivity index (χ4v) is 2.11. The third kappa shape index (κ3) is 4.99. The van der Waals surface area contributed by atoms with Crippen LogP contribution in [0, 0.1) is 0 Å². The Kier molecular flexibility index (Phi) is 5.48. The van der Waals surface area contributed by atoms with Crippen molar-refractivity contribution in [3.05, 3.63) is 24.4 Å². The van der Waals surface area contributed by atoms with Gasteiger partial charge in [-0.2, -0.15) is 0 Å². The molecule has 0 N–H and O–H groups in total. The number of rotatable bonds is 8. The molecule has 0 spiro atoms. The molecule has 0 aromatic rings. The number of hydrogen-bond donors (Lipinski definition) is 0. The van der Waals surface area contributed by atoms with Gasteiger partial charge in [0, 0.05) is 31.0 Å². The van der Waals surface area contributed by atoms with E-state index < -0.39 is 0 Å². The molecule has 1 aliphatic heterocycles. The van der Waals surface area contributed by atoms with Gasteiger partial charge in [0.1, 0.15) is 5.78 Å². The third-order valence-electron chi connectivity index (χ3n) is 3.57. The molecule has 0 fully saturated rings. The number of allylic oxidation sites excluding steroid dienone is 1. The molecule has 1 rings (SSSR count). The van der Waals surface area contributed by atoms with Crippen molar-refractivity contribution in [1.82, 2.24) is 4.90 Å². The SMILES string of the molecule is C=C1C=CC(=O)N1CC[N+](C)(C)CCCC(=O)CC. The Hall–Kier alpha value is -1.42. The summed E-state index contributed by atoms with van der Waals surface area (Å²) in [4.78, 5) is 24.5. The summed E-state index contributed by atoms with van der Waals surface area (Å²) in [5.41, 5.74) is 0.770. The first-order valence-electron chi connectivity index (χ1n) is 6.88. The number of amides is 1. The van der Waals surface area contributed by atoms with Crippen LogP contribution in [0.25, 0.3) is 0 Å². The number of carbonyl (C=O) groups is 2. The molecule has 1 amide bonds. The number of hydrogen-bond acceptors (Lipinski definition) is 2. The van der Waals surface area contributed by atoms with E-state index in [1.807, 2.05) is 6.92 Å². The molecule has 0 saturated carbocycles. The molecule has 4 heteroatoms. The van der Waals surface area contributed by atoms with Crippen molar-refractivity contribution < 1.29 is 14.1 Å². The Bertz CT molecular complexity index is 379. The molecule has 0 aliphatic carbocycles. The summed E-state index contributed by atoms with van der Waals surface area (Å²) >= 11 is 0. The molecule has 0 saturated heterocycles. The van der Waals surface area contributed by atoms with Gasteiger partial charge >= 0.3 is 0 Å². The van der Waals surface area contributed by atoms with Crippen LogP contribution in [0.4, 0.5) is 0 Å². The van der Waals surface area contributed by atoms with E-state index in [-0.39, 0.29) is 5.91 Å². The second-order valence-electron chi connectivity index (χ2n) is 5.69. The summed E-state index contributed by atoms with van der Waals surface area (Å²) in [5.74, 6) is 0.346. The molecule has 0 aromatic heterocycles. The molecule has 0 bridgehead atoms. The molecule has 0 radical (unpaired) electrons. The van der Waals surface area contributed by atoms with Crippen molar-refractivity contribution in [1.29, 1.82) is 0 Å². The minimum absolute atomic E-state index is 0.0196. The molecule has 106 valence electrons. The second-order valence-corrected chi connectivity index (χ2v) is 5.69. The number of likely N-dealkylation sites (N-methyl/N-ethyl adjacent to an activating group) is 1. The van der Waals surface area contributed by atoms with Gasteiger partial charge in [0.15, 0.2) is 0 Å². The van der Waals surface area contributed by atoms with Gasteiger partial charge < -0.3 is 9.38 Å². The van der Waals surface area contributed by atoms with Gasteiger partial charge in [-0.3, -0.25) is 9.59 Å². The molecule has 1 heterocycles. The van der Waals surface area contributed by atoms with E-state index in [9.17, 15) is 9.59 Å². The summed E-state index contributed by atoms with van der Waals surface area (Å²) in [6, 6.07) is 0. The highest BCUT2D eigenvalue weighted by atomic mass is 16.2. The first-order chi connectivity index (χ1) is 8.85. The highest BCUT2D eigenvalue weighted by molar-refractivity contribution is 5.92. The van der Waals surface area contributed by atoms with Gasteiger partial charge in [-0.05, 0) is 6.08 Å². The van der Waals surface area contributed by atoms with Crippen LogP contribution >= 0.6 is 0 Å². The lowest BCUT2D eigenvalue weighted by molar-refractivity contribution is -0.889. The van der Waals surface area contributed by atoms with E-state index >= 15 is 0 Å². The minimum Gasteiger partial charge on any atom is -0.327 e. The lowest BCUT2D eigenvalue weighted by Gasteiger charge is -2.31. The highest BCUT2D eigenvalue weighted by Crippen LogP contribution is 2.13. The predicted molar refractivity (Wildman–Crippen MR) is 76.4 cm³/mol. The van der Waals surface area contributed by atoms with Crippen LogP contribution < -0.4 is 0 Å². The molecular weight excluding hydrogens is 240 g/mol. The fourth-order valence-electron chi connectivity index (χ4n) is 2.11. The van der Waals surface area contributed by atoms with Crippen molar-refractivity contribution in [2.75, 3.05) is 33.7 Å². The Morgan fingerprint density at radius 2 is 2.00 bits per heavy atom. The molecule has 0 aromatic carbocycles. The smallest absolute Gasteiger partial charge is 0.251 e. The van der Waals surface area contributed by atoms with E-state index in [1.165, 1.54) is 0 Å². The monoisotopic (exact) mass is 265 g/mol. The van der Waals surface area contributed by atoms with Gasteiger partial charge in [0.25, 0.3) is 5.91 Å². The van der Waals surface area contributed by atoms with Gasteiger partial charge in [-0.25, -0.2) is 0 Å². The summed E-state index contributed by atoms with van der Waals surface area (Å²) in [5, 5.41) is 0. The van der Waals surface area contributed by atoms with Crippen molar-refractivity contribution in [3.63, 3.8) is 0 Å². The average molecular weight is 265 g/mol. The van der Waals surface area contributed by atoms with Gasteiger partial charge in [-0.1, -0.05) is 13.5 Å². The Balaban J connectivity index is 2.32. The van der Waals surface area contributed by atoms with Crippen molar-refractivity contribution >= 4 is 11.7 Å². The van der Waals surface area contributed by atoms with Crippen LogP contribution in [-0.2, 0) is 9.59 Å². The first-order valence-corrected chi connectivity index (χ1v) is 6.88. The molecule has 0 atom stereocenters. The summed E-state index contributed by atoms with van der Waals surface area (Å²) in [6.07, 6.45) is 5.51. The molecule has 4 nitrogen and oxygen atoms in total. The number of nitrogens with zero attached hydrogens (tertiary/aromatic N) is 2. The maximum Gasteiger partial charge on any atom is 0.251 e. The second kappa shape index (κ2) is 6.66. The van der Waals surface area contributed by atoms with Gasteiger partial charge in [0.2, 0.25) is 0 Å². The number of carbonyl (C=O) groups excluding carboxylic acids is 2. The van der Waals surface area contributed by atoms with E-state index in [1.54, 1.807) is 17.1 Å². The van der Waals surface area contributed by atoms with E-state index in [0.717, 1.165) is 29.7 Å². The fraction of sp³-hybridized carbons (Fsp3) is 0.600. The van der Waals surface area contributed by atoms with Crippen molar-refractivity contribution in [2.45, 2.75) is 26.2 Å². The van der Waals surface area contributed by atoms with E-state index in [0.29, 0.717) is 25.2 Å². The molecule has 1 aliphatic rings. The highest BCUT2D eigenvalue weighted by Gasteiger charge is 2.22. The Labute approximate surface area is 116 Å². The zero-order valence-electron chi connectivity index (χ0n) is 12.3. The summed E-state index contributed by atoms with van der Waals surface area (Å²) in [6.45, 7) is 8.25. The van der Waals surface area contributed by atoms with Crippen molar-refractivity contribution in [3.8, 4) is 0 Å². The van der Waals surface area contributed by atoms with Crippen LogP contribution in [0.15, 0.2) is 24.4 Å². The standard InChI is InChI=1S/C15H25N2O2/c1-5-14(18)7-6-11-17(3,4)12-10-16-13(2)8-9-15(16)19/h8-9H,2,5-7,10-12H2,1,3-4H3/q+1. The Morgan fingerprint density at radius 1 is 1.32 bits per heavy atom. The molecule has 0 unspecified atom stereocenters. The zero-order chi connectivity index (χ0) is 14.5. The number of ketones is 1. The third-order valence-corrected chi connectivity index (χ3v) is 3.57. The normalized spacial score (nSPS) is 15.4. The van der Waals surface area contributed by atoms with E-state index in [2.05, 4.69) is 20.7 Å². The summed E-state index contributed by atoms with van der Waals surface area (Å²) in [7, 11) is 4.26. The van der Waals surface area contributed by atoms with Crippen LogP contribution in [-0.4, -0.2) is 54.8 Å². The van der Waals surface area contributed by atoms with Crippen LogP contribution in [0.1, 0.15) is 26.2 Å². The average Bonchev–Trinajstić information content (AvgIpc) is 2.66. The van der Waals surface area contributed by atoms with Crippen LogP contribution in [0.3, 0.4) is 0 Å². The number of quaternary nitrogens is 1. The van der Waals surface area contributed by atoms with E-state index in [4.69, 9.17) is 0 Å². The van der Waals surface area contributed by atoms with Crippen LogP contribution in [0.5, 0.6) is 0 Å². The maximum atomic E-state index is 11.6. The first kappa shape index (κ1) is 15.6. The predicted octanol–water partition coefficient (Wildman–Crippen LogP) is 1.73. The zero-order valence-corrected chi connectivity index (χ0v) is 12.3. The quantitative estimate of drug-likeness (QED) is 0.627. The van der Waals surface area contributed by atoms with Gasteiger partial charge in [0.05, 0.1) is 33.7 Å². The molecule has 19 heavy (non-hydrogen) atoms. The lowest BCUT2D eigenvalue weighted by atomic mass is 10.1. The summed E-state index contributed by atoms with van der Waals surface area (Å²) < 4.78 is 0.814. The van der Waals surface area contributed by atoms with Crippen LogP contribution in [0.2, 0.25) is 0 Å². The largest absolute Gasteiger partial charge is 0.327 e. The lowest BCUT2D eigenvalue weighted by Crippen LogP contribution is -2.46. The van der Waals surface area contributed by atoms with Crippen molar-refractivity contribution in [2.24, 2.45) is 0 Å². The van der Waals surface area contributed by atoms with Gasteiger partial charge in [-0.15, -0.1) is 0 Å². The maximum absolute atomic E-state index is 11.6. The number of Topliss-reactive ketones (excluding diaryl/α,β-unsaturated/α-hetero) is 1. The molecular formula is C15H25N2O2+. The Morgan fingerprint density at radius 3 is 2.53 bits per heavy atom. The minimum atomic E-state index is 0.0196. The topological polar surface area (TPSA) is 37.4 Å².